The SMILES string of the molecule is CC(=O)[C@H]1CCCN[C@H]1c1ccccc1. The number of Topliss-reactive ketones (excluding diaryl/α,β-unsaturated/α-hetero) is 1. The average molecular weight is 203 g/mol. The molecule has 1 saturated heterocycles. The third kappa shape index (κ3) is 2.26. The highest BCUT2D eigenvalue weighted by atomic mass is 16.1. The van der Waals surface area contributed by atoms with E-state index in [9.17, 15) is 4.79 Å². The van der Waals surface area contributed by atoms with Crippen molar-refractivity contribution in [3.63, 3.8) is 0 Å². The van der Waals surface area contributed by atoms with Crippen LogP contribution in [0.15, 0.2) is 30.3 Å². The summed E-state index contributed by atoms with van der Waals surface area (Å²) in [6, 6.07) is 10.5. The molecular weight excluding hydrogens is 186 g/mol. The Morgan fingerprint density at radius 1 is 1.33 bits per heavy atom. The van der Waals surface area contributed by atoms with E-state index in [0.717, 1.165) is 19.4 Å². The van der Waals surface area contributed by atoms with E-state index in [-0.39, 0.29) is 12.0 Å². The number of benzene rings is 1. The fourth-order valence-electron chi connectivity index (χ4n) is 2.34. The van der Waals surface area contributed by atoms with Gasteiger partial charge in [-0.05, 0) is 31.9 Å². The quantitative estimate of drug-likeness (QED) is 0.799. The molecule has 0 radical (unpaired) electrons. The molecule has 2 rings (SSSR count). The Labute approximate surface area is 90.7 Å². The average Bonchev–Trinajstić information content (AvgIpc) is 2.30. The van der Waals surface area contributed by atoms with Gasteiger partial charge in [0.2, 0.25) is 0 Å². The molecule has 0 aliphatic carbocycles. The smallest absolute Gasteiger partial charge is 0.134 e. The number of carbonyl (C=O) groups excluding carboxylic acids is 1. The third-order valence-electron chi connectivity index (χ3n) is 3.14. The highest BCUT2D eigenvalue weighted by Crippen LogP contribution is 2.29. The van der Waals surface area contributed by atoms with Crippen molar-refractivity contribution in [1.29, 1.82) is 0 Å². The van der Waals surface area contributed by atoms with E-state index < -0.39 is 0 Å². The lowest BCUT2D eigenvalue weighted by molar-refractivity contribution is -0.122. The molecule has 0 unspecified atom stereocenters. The van der Waals surface area contributed by atoms with Gasteiger partial charge in [-0.3, -0.25) is 4.79 Å². The topological polar surface area (TPSA) is 29.1 Å². The van der Waals surface area contributed by atoms with Crippen LogP contribution in [0, 0.1) is 5.92 Å². The molecule has 0 saturated carbocycles. The zero-order chi connectivity index (χ0) is 10.7. The number of hydrogen-bond acceptors (Lipinski definition) is 2. The van der Waals surface area contributed by atoms with Crippen LogP contribution in [0.1, 0.15) is 31.4 Å². The minimum absolute atomic E-state index is 0.154. The summed E-state index contributed by atoms with van der Waals surface area (Å²) in [5.74, 6) is 0.456. The van der Waals surface area contributed by atoms with E-state index in [1.165, 1.54) is 5.56 Å². The van der Waals surface area contributed by atoms with Gasteiger partial charge in [0.1, 0.15) is 5.78 Å². The van der Waals surface area contributed by atoms with Gasteiger partial charge in [-0.2, -0.15) is 0 Å². The van der Waals surface area contributed by atoms with Crippen LogP contribution in [0.4, 0.5) is 0 Å². The second kappa shape index (κ2) is 4.58. The molecule has 1 aromatic carbocycles. The van der Waals surface area contributed by atoms with Gasteiger partial charge in [0, 0.05) is 12.0 Å². The van der Waals surface area contributed by atoms with Gasteiger partial charge in [0.25, 0.3) is 0 Å². The maximum atomic E-state index is 11.5. The van der Waals surface area contributed by atoms with Crippen LogP contribution in [0.25, 0.3) is 0 Å². The summed E-state index contributed by atoms with van der Waals surface area (Å²) >= 11 is 0. The molecule has 1 aromatic rings. The molecule has 1 N–H and O–H groups in total. The van der Waals surface area contributed by atoms with Gasteiger partial charge in [-0.1, -0.05) is 30.3 Å². The molecular formula is C13H17NO. The van der Waals surface area contributed by atoms with Crippen LogP contribution in [-0.2, 0) is 4.79 Å². The standard InChI is InChI=1S/C13H17NO/c1-10(15)12-8-5-9-14-13(12)11-6-3-2-4-7-11/h2-4,6-7,12-14H,5,8-9H2,1H3/t12-,13+/m1/s1. The van der Waals surface area contributed by atoms with Crippen molar-refractivity contribution in [3.05, 3.63) is 35.9 Å². The molecule has 1 aliphatic heterocycles. The fourth-order valence-corrected chi connectivity index (χ4v) is 2.34. The molecule has 0 spiro atoms. The first-order valence-electron chi connectivity index (χ1n) is 5.58. The summed E-state index contributed by atoms with van der Waals surface area (Å²) < 4.78 is 0. The summed E-state index contributed by atoms with van der Waals surface area (Å²) in [4.78, 5) is 11.5. The summed E-state index contributed by atoms with van der Waals surface area (Å²) in [6.45, 7) is 2.72. The number of hydrogen-bond donors (Lipinski definition) is 1. The molecule has 2 atom stereocenters. The van der Waals surface area contributed by atoms with Crippen LogP contribution in [0.3, 0.4) is 0 Å². The van der Waals surface area contributed by atoms with Crippen molar-refractivity contribution in [2.75, 3.05) is 6.54 Å². The van der Waals surface area contributed by atoms with Crippen molar-refractivity contribution in [2.45, 2.75) is 25.8 Å². The summed E-state index contributed by atoms with van der Waals surface area (Å²) in [6.07, 6.45) is 2.12. The summed E-state index contributed by atoms with van der Waals surface area (Å²) in [7, 11) is 0. The molecule has 0 amide bonds. The zero-order valence-electron chi connectivity index (χ0n) is 9.07. The number of nitrogens with one attached hydrogen (secondary N) is 1. The minimum atomic E-state index is 0.154. The van der Waals surface area contributed by atoms with E-state index in [1.54, 1.807) is 6.92 Å². The minimum Gasteiger partial charge on any atom is -0.309 e. The van der Waals surface area contributed by atoms with E-state index in [0.29, 0.717) is 5.78 Å². The first-order chi connectivity index (χ1) is 7.29. The monoisotopic (exact) mass is 203 g/mol. The van der Waals surface area contributed by atoms with Gasteiger partial charge < -0.3 is 5.32 Å². The van der Waals surface area contributed by atoms with Gasteiger partial charge in [0.15, 0.2) is 0 Å². The van der Waals surface area contributed by atoms with E-state index in [2.05, 4.69) is 17.4 Å². The van der Waals surface area contributed by atoms with Crippen molar-refractivity contribution < 1.29 is 4.79 Å². The molecule has 2 nitrogen and oxygen atoms in total. The zero-order valence-corrected chi connectivity index (χ0v) is 9.07. The lowest BCUT2D eigenvalue weighted by atomic mass is 9.84. The van der Waals surface area contributed by atoms with Crippen molar-refractivity contribution in [1.82, 2.24) is 5.32 Å². The maximum absolute atomic E-state index is 11.5. The van der Waals surface area contributed by atoms with Gasteiger partial charge in [0.05, 0.1) is 0 Å². The van der Waals surface area contributed by atoms with Crippen LogP contribution < -0.4 is 5.32 Å². The van der Waals surface area contributed by atoms with Crippen LogP contribution in [0.5, 0.6) is 0 Å². The number of ketones is 1. The maximum Gasteiger partial charge on any atom is 0.134 e. The Morgan fingerprint density at radius 3 is 2.73 bits per heavy atom. The first kappa shape index (κ1) is 10.4. The molecule has 0 aromatic heterocycles. The third-order valence-corrected chi connectivity index (χ3v) is 3.14. The van der Waals surface area contributed by atoms with Crippen LogP contribution >= 0.6 is 0 Å². The van der Waals surface area contributed by atoms with Crippen molar-refractivity contribution >= 4 is 5.78 Å². The molecule has 1 fully saturated rings. The van der Waals surface area contributed by atoms with Gasteiger partial charge >= 0.3 is 0 Å². The van der Waals surface area contributed by atoms with Crippen molar-refractivity contribution in [3.8, 4) is 0 Å². The predicted octanol–water partition coefficient (Wildman–Crippen LogP) is 2.32. The Bertz CT molecular complexity index is 334. The predicted molar refractivity (Wildman–Crippen MR) is 60.6 cm³/mol. The van der Waals surface area contributed by atoms with Crippen LogP contribution in [-0.4, -0.2) is 12.3 Å². The number of rotatable bonds is 2. The lowest BCUT2D eigenvalue weighted by Crippen LogP contribution is -2.37. The number of piperidine rings is 1. The Kier molecular flexibility index (Phi) is 3.17. The second-order valence-corrected chi connectivity index (χ2v) is 4.20. The molecule has 15 heavy (non-hydrogen) atoms. The highest BCUT2D eigenvalue weighted by molar-refractivity contribution is 5.79. The van der Waals surface area contributed by atoms with Gasteiger partial charge in [-0.15, -0.1) is 0 Å². The molecule has 1 aliphatic rings. The lowest BCUT2D eigenvalue weighted by Gasteiger charge is -2.31. The van der Waals surface area contributed by atoms with E-state index >= 15 is 0 Å². The Hall–Kier alpha value is -1.15. The first-order valence-corrected chi connectivity index (χ1v) is 5.58. The summed E-state index contributed by atoms with van der Waals surface area (Å²) in [5, 5.41) is 3.45. The fraction of sp³-hybridized carbons (Fsp3) is 0.462. The molecule has 80 valence electrons. The largest absolute Gasteiger partial charge is 0.309 e. The molecule has 1 heterocycles. The number of carbonyl (C=O) groups is 1. The van der Waals surface area contributed by atoms with E-state index in [1.807, 2.05) is 18.2 Å². The Balaban J connectivity index is 2.22. The second-order valence-electron chi connectivity index (χ2n) is 4.20. The van der Waals surface area contributed by atoms with Gasteiger partial charge in [-0.25, -0.2) is 0 Å². The van der Waals surface area contributed by atoms with Crippen LogP contribution in [0.2, 0.25) is 0 Å². The molecule has 0 bridgehead atoms. The summed E-state index contributed by atoms with van der Waals surface area (Å²) in [5.41, 5.74) is 1.23. The normalized spacial score (nSPS) is 26.2. The highest BCUT2D eigenvalue weighted by Gasteiger charge is 2.28. The Morgan fingerprint density at radius 2 is 2.07 bits per heavy atom. The van der Waals surface area contributed by atoms with E-state index in [4.69, 9.17) is 0 Å². The molecule has 2 heteroatoms. The van der Waals surface area contributed by atoms with Crippen molar-refractivity contribution in [2.24, 2.45) is 5.92 Å².